The molecule has 2 aromatic rings. The Hall–Kier alpha value is -2.28. The smallest absolute Gasteiger partial charge is 0.335 e. The quantitative estimate of drug-likeness (QED) is 0.928. The van der Waals surface area contributed by atoms with E-state index >= 15 is 0 Å². The molecule has 2 heterocycles. The van der Waals surface area contributed by atoms with Crippen LogP contribution in [0.3, 0.4) is 0 Å². The van der Waals surface area contributed by atoms with E-state index in [2.05, 4.69) is 14.9 Å². The molecule has 1 fully saturated rings. The SMILES string of the molecule is O=C(O)c1cccc(Oc2nccc(N3CCSCC3)n2)c1. The molecule has 22 heavy (non-hydrogen) atoms. The molecule has 0 saturated carbocycles. The van der Waals surface area contributed by atoms with Crippen molar-refractivity contribution in [3.63, 3.8) is 0 Å². The van der Waals surface area contributed by atoms with Crippen molar-refractivity contribution in [2.45, 2.75) is 0 Å². The van der Waals surface area contributed by atoms with Crippen LogP contribution in [0.1, 0.15) is 10.4 Å². The summed E-state index contributed by atoms with van der Waals surface area (Å²) in [6, 6.07) is 8.35. The van der Waals surface area contributed by atoms with Crippen molar-refractivity contribution >= 4 is 23.5 Å². The molecular formula is C15H15N3O3S. The highest BCUT2D eigenvalue weighted by Gasteiger charge is 2.14. The fourth-order valence-corrected chi connectivity index (χ4v) is 3.05. The van der Waals surface area contributed by atoms with Gasteiger partial charge in [-0.2, -0.15) is 16.7 Å². The van der Waals surface area contributed by atoms with Gasteiger partial charge < -0.3 is 14.7 Å². The summed E-state index contributed by atoms with van der Waals surface area (Å²) in [7, 11) is 0. The van der Waals surface area contributed by atoms with Crippen molar-refractivity contribution in [3.05, 3.63) is 42.1 Å². The normalized spacial score (nSPS) is 14.6. The molecule has 1 N–H and O–H groups in total. The molecule has 1 aromatic heterocycles. The second kappa shape index (κ2) is 6.65. The summed E-state index contributed by atoms with van der Waals surface area (Å²) in [6.45, 7) is 1.91. The van der Waals surface area contributed by atoms with Crippen molar-refractivity contribution in [3.8, 4) is 11.8 Å². The average Bonchev–Trinajstić information content (AvgIpc) is 2.56. The minimum absolute atomic E-state index is 0.168. The highest BCUT2D eigenvalue weighted by atomic mass is 32.2. The molecule has 0 bridgehead atoms. The van der Waals surface area contributed by atoms with Gasteiger partial charge in [-0.15, -0.1) is 0 Å². The van der Waals surface area contributed by atoms with Gasteiger partial charge in [0.15, 0.2) is 0 Å². The highest BCUT2D eigenvalue weighted by Crippen LogP contribution is 2.22. The number of benzene rings is 1. The summed E-state index contributed by atoms with van der Waals surface area (Å²) in [5.74, 6) is 2.42. The zero-order chi connectivity index (χ0) is 15.4. The van der Waals surface area contributed by atoms with E-state index in [1.807, 2.05) is 17.8 Å². The third-order valence-corrected chi connectivity index (χ3v) is 4.19. The van der Waals surface area contributed by atoms with Crippen LogP contribution in [-0.2, 0) is 0 Å². The summed E-state index contributed by atoms with van der Waals surface area (Å²) >= 11 is 1.93. The maximum absolute atomic E-state index is 11.0. The van der Waals surface area contributed by atoms with Crippen LogP contribution in [0.15, 0.2) is 36.5 Å². The molecule has 1 saturated heterocycles. The molecule has 7 heteroatoms. The van der Waals surface area contributed by atoms with Crippen LogP contribution in [0.4, 0.5) is 5.82 Å². The number of aromatic carboxylic acids is 1. The largest absolute Gasteiger partial charge is 0.478 e. The van der Waals surface area contributed by atoms with Crippen molar-refractivity contribution in [1.29, 1.82) is 0 Å². The summed E-state index contributed by atoms with van der Waals surface area (Å²) in [4.78, 5) is 21.7. The molecule has 1 aliphatic heterocycles. The predicted octanol–water partition coefficient (Wildman–Crippen LogP) is 2.52. The molecule has 0 radical (unpaired) electrons. The molecule has 3 rings (SSSR count). The molecule has 0 atom stereocenters. The number of nitrogens with zero attached hydrogens (tertiary/aromatic N) is 3. The third-order valence-electron chi connectivity index (χ3n) is 3.24. The van der Waals surface area contributed by atoms with Gasteiger partial charge in [-0.25, -0.2) is 9.78 Å². The first-order valence-electron chi connectivity index (χ1n) is 6.89. The van der Waals surface area contributed by atoms with Gasteiger partial charge in [0.2, 0.25) is 0 Å². The minimum atomic E-state index is -0.995. The molecular weight excluding hydrogens is 302 g/mol. The standard InChI is InChI=1S/C15H15N3O3S/c19-14(20)11-2-1-3-12(10-11)21-15-16-5-4-13(17-15)18-6-8-22-9-7-18/h1-5,10H,6-9H2,(H,19,20). The number of hydrogen-bond acceptors (Lipinski definition) is 6. The summed E-state index contributed by atoms with van der Waals surface area (Å²) in [5.41, 5.74) is 0.168. The lowest BCUT2D eigenvalue weighted by atomic mass is 10.2. The minimum Gasteiger partial charge on any atom is -0.478 e. The fraction of sp³-hybridized carbons (Fsp3) is 0.267. The third kappa shape index (κ3) is 3.48. The molecule has 114 valence electrons. The van der Waals surface area contributed by atoms with E-state index in [0.29, 0.717) is 5.75 Å². The molecule has 6 nitrogen and oxygen atoms in total. The van der Waals surface area contributed by atoms with Crippen LogP contribution in [-0.4, -0.2) is 45.6 Å². The van der Waals surface area contributed by atoms with Crippen molar-refractivity contribution < 1.29 is 14.6 Å². The van der Waals surface area contributed by atoms with Gasteiger partial charge in [-0.1, -0.05) is 6.07 Å². The molecule has 0 aliphatic carbocycles. The summed E-state index contributed by atoms with van der Waals surface area (Å²) in [6.07, 6.45) is 1.65. The maximum Gasteiger partial charge on any atom is 0.335 e. The Kier molecular flexibility index (Phi) is 4.43. The fourth-order valence-electron chi connectivity index (χ4n) is 2.15. The topological polar surface area (TPSA) is 75.6 Å². The van der Waals surface area contributed by atoms with Crippen LogP contribution >= 0.6 is 11.8 Å². The van der Waals surface area contributed by atoms with E-state index in [0.717, 1.165) is 30.4 Å². The first kappa shape index (κ1) is 14.6. The first-order valence-corrected chi connectivity index (χ1v) is 8.05. The van der Waals surface area contributed by atoms with E-state index in [1.165, 1.54) is 12.1 Å². The number of carboxylic acid groups (broad SMARTS) is 1. The second-order valence-corrected chi connectivity index (χ2v) is 5.96. The van der Waals surface area contributed by atoms with Crippen LogP contribution < -0.4 is 9.64 Å². The van der Waals surface area contributed by atoms with Crippen LogP contribution in [0, 0.1) is 0 Å². The molecule has 1 aliphatic rings. The lowest BCUT2D eigenvalue weighted by Crippen LogP contribution is -2.33. The van der Waals surface area contributed by atoms with Crippen molar-refractivity contribution in [2.75, 3.05) is 29.5 Å². The molecule has 0 amide bonds. The van der Waals surface area contributed by atoms with E-state index in [4.69, 9.17) is 9.84 Å². The molecule has 1 aromatic carbocycles. The monoisotopic (exact) mass is 317 g/mol. The Morgan fingerprint density at radius 1 is 1.27 bits per heavy atom. The molecule has 0 spiro atoms. The Morgan fingerprint density at radius 2 is 2.09 bits per heavy atom. The Labute approximate surface area is 132 Å². The van der Waals surface area contributed by atoms with Gasteiger partial charge in [-0.05, 0) is 24.3 Å². The van der Waals surface area contributed by atoms with Gasteiger partial charge in [0.1, 0.15) is 11.6 Å². The first-order chi connectivity index (χ1) is 10.7. The zero-order valence-electron chi connectivity index (χ0n) is 11.8. The molecule has 0 unspecified atom stereocenters. The second-order valence-electron chi connectivity index (χ2n) is 4.73. The van der Waals surface area contributed by atoms with E-state index < -0.39 is 5.97 Å². The Bertz CT molecular complexity index is 675. The van der Waals surface area contributed by atoms with E-state index in [-0.39, 0.29) is 11.6 Å². The lowest BCUT2D eigenvalue weighted by molar-refractivity contribution is 0.0696. The van der Waals surface area contributed by atoms with Crippen LogP contribution in [0.5, 0.6) is 11.8 Å². The van der Waals surface area contributed by atoms with Crippen LogP contribution in [0.25, 0.3) is 0 Å². The van der Waals surface area contributed by atoms with Gasteiger partial charge >= 0.3 is 12.0 Å². The number of ether oxygens (including phenoxy) is 1. The zero-order valence-corrected chi connectivity index (χ0v) is 12.6. The van der Waals surface area contributed by atoms with Crippen LogP contribution in [0.2, 0.25) is 0 Å². The van der Waals surface area contributed by atoms with E-state index in [1.54, 1.807) is 18.3 Å². The number of aromatic nitrogens is 2. The van der Waals surface area contributed by atoms with Crippen molar-refractivity contribution in [2.24, 2.45) is 0 Å². The van der Waals surface area contributed by atoms with Gasteiger partial charge in [0, 0.05) is 30.8 Å². The van der Waals surface area contributed by atoms with Crippen molar-refractivity contribution in [1.82, 2.24) is 9.97 Å². The average molecular weight is 317 g/mol. The number of thioether (sulfide) groups is 1. The Balaban J connectivity index is 1.77. The predicted molar refractivity (Wildman–Crippen MR) is 85.0 cm³/mol. The number of carboxylic acids is 1. The Morgan fingerprint density at radius 3 is 2.86 bits per heavy atom. The maximum atomic E-state index is 11.0. The lowest BCUT2D eigenvalue weighted by Gasteiger charge is -2.27. The van der Waals surface area contributed by atoms with Gasteiger partial charge in [0.05, 0.1) is 5.56 Å². The number of anilines is 1. The highest BCUT2D eigenvalue weighted by molar-refractivity contribution is 7.99. The van der Waals surface area contributed by atoms with Gasteiger partial charge in [0.25, 0.3) is 0 Å². The number of rotatable bonds is 4. The van der Waals surface area contributed by atoms with E-state index in [9.17, 15) is 4.79 Å². The number of carbonyl (C=O) groups is 1. The summed E-state index contributed by atoms with van der Waals surface area (Å²) < 4.78 is 5.58. The van der Waals surface area contributed by atoms with Gasteiger partial charge in [-0.3, -0.25) is 0 Å². The summed E-state index contributed by atoms with van der Waals surface area (Å²) in [5, 5.41) is 8.99. The number of hydrogen-bond donors (Lipinski definition) is 1.